The number of esters is 2. The molecule has 10 atom stereocenters. The van der Waals surface area contributed by atoms with E-state index in [1.165, 1.54) is 6.42 Å². The molecule has 8 rings (SSSR count). The van der Waals surface area contributed by atoms with E-state index in [1.807, 2.05) is 0 Å². The summed E-state index contributed by atoms with van der Waals surface area (Å²) in [5, 5.41) is 0. The SMILES string of the molecule is CC1(C)OC(=O)C2(C(=O)O1)[C@@H]1[C@H]3[C@@H]4[C@H]5C[C@H]6[C@@H]4[C@H]3[C@H]2[C@@H]6[C@@H]51. The number of ether oxygens (including phenoxy) is 2. The standard InChI is InChI=1S/C17H18O4/c1-16(2)20-14(18)17(15(19)21-16)12-8-4-3-5-7-6(4)10(12)11(7)13(17)9(5)8/h4-13H,3H2,1-2H3/t4-,5+,6-,7+,8-,9+,10+,11-,12+,13-. The third-order valence-electron chi connectivity index (χ3n) is 8.81. The monoisotopic (exact) mass is 286 g/mol. The number of cyclic esters (lactones) is 2. The molecule has 0 aromatic rings. The van der Waals surface area contributed by atoms with Gasteiger partial charge in [-0.3, -0.25) is 9.59 Å². The molecule has 21 heavy (non-hydrogen) atoms. The van der Waals surface area contributed by atoms with E-state index in [2.05, 4.69) is 0 Å². The Morgan fingerprint density at radius 2 is 1.29 bits per heavy atom. The zero-order valence-corrected chi connectivity index (χ0v) is 12.1. The molecule has 110 valence electrons. The van der Waals surface area contributed by atoms with Crippen LogP contribution in [0.25, 0.3) is 0 Å². The maximum absolute atomic E-state index is 13.0. The summed E-state index contributed by atoms with van der Waals surface area (Å²) in [6.45, 7) is 3.33. The van der Waals surface area contributed by atoms with Crippen LogP contribution in [0.4, 0.5) is 0 Å². The molecule has 0 aromatic carbocycles. The number of carbonyl (C=O) groups excluding carboxylic acids is 2. The maximum atomic E-state index is 13.0. The van der Waals surface area contributed by atoms with E-state index in [-0.39, 0.29) is 23.8 Å². The molecule has 7 aliphatic carbocycles. The molecular weight excluding hydrogens is 268 g/mol. The average molecular weight is 286 g/mol. The molecule has 8 aliphatic rings. The number of rotatable bonds is 0. The van der Waals surface area contributed by atoms with Crippen molar-refractivity contribution < 1.29 is 19.1 Å². The molecule has 0 radical (unpaired) electrons. The maximum Gasteiger partial charge on any atom is 0.327 e. The fourth-order valence-electron chi connectivity index (χ4n) is 9.23. The molecular formula is C17H18O4. The lowest BCUT2D eigenvalue weighted by molar-refractivity contribution is -0.255. The topological polar surface area (TPSA) is 52.6 Å². The van der Waals surface area contributed by atoms with Crippen molar-refractivity contribution in [2.24, 2.45) is 64.6 Å². The molecule has 1 saturated heterocycles. The molecule has 4 bridgehead atoms. The second-order valence-corrected chi connectivity index (χ2v) is 9.13. The van der Waals surface area contributed by atoms with E-state index >= 15 is 0 Å². The van der Waals surface area contributed by atoms with Gasteiger partial charge in [-0.1, -0.05) is 0 Å². The van der Waals surface area contributed by atoms with E-state index in [0.717, 1.165) is 23.7 Å². The second kappa shape index (κ2) is 2.44. The van der Waals surface area contributed by atoms with Crippen LogP contribution in [0.5, 0.6) is 0 Å². The van der Waals surface area contributed by atoms with E-state index in [9.17, 15) is 9.59 Å². The first-order valence-electron chi connectivity index (χ1n) is 8.45. The van der Waals surface area contributed by atoms with Gasteiger partial charge in [0.25, 0.3) is 5.79 Å². The molecule has 1 heterocycles. The van der Waals surface area contributed by atoms with Crippen molar-refractivity contribution in [2.45, 2.75) is 26.1 Å². The van der Waals surface area contributed by atoms with Gasteiger partial charge in [-0.2, -0.15) is 0 Å². The van der Waals surface area contributed by atoms with Gasteiger partial charge in [0.1, 0.15) is 0 Å². The fourth-order valence-corrected chi connectivity index (χ4v) is 9.23. The first-order valence-corrected chi connectivity index (χ1v) is 8.45. The average Bonchev–Trinajstić information content (AvgIpc) is 2.95. The smallest absolute Gasteiger partial charge is 0.327 e. The van der Waals surface area contributed by atoms with E-state index in [4.69, 9.17) is 9.47 Å². The predicted octanol–water partition coefficient (Wildman–Crippen LogP) is 1.44. The Balaban J connectivity index is 1.48. The van der Waals surface area contributed by atoms with Crippen LogP contribution < -0.4 is 0 Å². The lowest BCUT2D eigenvalue weighted by Gasteiger charge is -2.44. The Labute approximate surface area is 122 Å². The van der Waals surface area contributed by atoms with Crippen LogP contribution in [0.1, 0.15) is 20.3 Å². The van der Waals surface area contributed by atoms with E-state index < -0.39 is 11.2 Å². The van der Waals surface area contributed by atoms with Crippen LogP contribution in [0.15, 0.2) is 0 Å². The van der Waals surface area contributed by atoms with Crippen molar-refractivity contribution in [3.05, 3.63) is 0 Å². The first-order chi connectivity index (χ1) is 9.98. The zero-order chi connectivity index (χ0) is 14.0. The van der Waals surface area contributed by atoms with Gasteiger partial charge in [0, 0.05) is 13.8 Å². The highest BCUT2D eigenvalue weighted by atomic mass is 16.7. The Morgan fingerprint density at radius 1 is 0.810 bits per heavy atom. The van der Waals surface area contributed by atoms with Gasteiger partial charge in [0.05, 0.1) is 0 Å². The minimum Gasteiger partial charge on any atom is -0.422 e. The van der Waals surface area contributed by atoms with Crippen molar-refractivity contribution in [1.82, 2.24) is 0 Å². The molecule has 0 aromatic heterocycles. The minimum atomic E-state index is -1.09. The quantitative estimate of drug-likeness (QED) is 0.499. The van der Waals surface area contributed by atoms with E-state index in [1.54, 1.807) is 13.8 Å². The summed E-state index contributed by atoms with van der Waals surface area (Å²) in [7, 11) is 0. The van der Waals surface area contributed by atoms with Crippen LogP contribution in [-0.4, -0.2) is 17.7 Å². The highest BCUT2D eigenvalue weighted by Gasteiger charge is 2.96. The van der Waals surface area contributed by atoms with Crippen LogP contribution >= 0.6 is 0 Å². The van der Waals surface area contributed by atoms with Gasteiger partial charge >= 0.3 is 11.9 Å². The molecule has 0 N–H and O–H groups in total. The normalized spacial score (nSPS) is 67.1. The van der Waals surface area contributed by atoms with Crippen LogP contribution in [0.2, 0.25) is 0 Å². The van der Waals surface area contributed by atoms with Crippen molar-refractivity contribution in [2.75, 3.05) is 0 Å². The summed E-state index contributed by atoms with van der Waals surface area (Å²) in [6.07, 6.45) is 1.39. The number of carbonyl (C=O) groups is 2. The Kier molecular flexibility index (Phi) is 1.24. The molecule has 4 nitrogen and oxygen atoms in total. The van der Waals surface area contributed by atoms with E-state index in [0.29, 0.717) is 23.7 Å². The summed E-state index contributed by atoms with van der Waals surface area (Å²) in [5.41, 5.74) is -0.906. The van der Waals surface area contributed by atoms with Gasteiger partial charge in [0.2, 0.25) is 0 Å². The Morgan fingerprint density at radius 3 is 1.76 bits per heavy atom. The van der Waals surface area contributed by atoms with Gasteiger partial charge < -0.3 is 9.47 Å². The number of hydrogen-bond donors (Lipinski definition) is 0. The summed E-state index contributed by atoms with van der Waals surface area (Å²) in [6, 6.07) is 0. The minimum absolute atomic E-state index is 0.249. The summed E-state index contributed by atoms with van der Waals surface area (Å²) in [5.74, 6) is 4.78. The molecule has 4 heteroatoms. The van der Waals surface area contributed by atoms with Crippen molar-refractivity contribution in [3.8, 4) is 0 Å². The molecule has 0 amide bonds. The summed E-state index contributed by atoms with van der Waals surface area (Å²) < 4.78 is 11.2. The third-order valence-corrected chi connectivity index (χ3v) is 8.81. The van der Waals surface area contributed by atoms with Crippen LogP contribution in [0.3, 0.4) is 0 Å². The molecule has 8 fully saturated rings. The second-order valence-electron chi connectivity index (χ2n) is 9.13. The van der Waals surface area contributed by atoms with Gasteiger partial charge in [0.15, 0.2) is 5.41 Å². The van der Waals surface area contributed by atoms with Crippen molar-refractivity contribution >= 4 is 11.9 Å². The largest absolute Gasteiger partial charge is 0.422 e. The lowest BCUT2D eigenvalue weighted by atomic mass is 9.60. The Bertz CT molecular complexity index is 608. The Hall–Kier alpha value is -1.06. The van der Waals surface area contributed by atoms with Crippen molar-refractivity contribution in [3.63, 3.8) is 0 Å². The zero-order valence-electron chi connectivity index (χ0n) is 12.1. The summed E-state index contributed by atoms with van der Waals surface area (Å²) in [4.78, 5) is 25.9. The lowest BCUT2D eigenvalue weighted by Crippen LogP contribution is -2.57. The van der Waals surface area contributed by atoms with Gasteiger partial charge in [-0.15, -0.1) is 0 Å². The predicted molar refractivity (Wildman–Crippen MR) is 68.2 cm³/mol. The summed E-state index contributed by atoms with van der Waals surface area (Å²) >= 11 is 0. The van der Waals surface area contributed by atoms with Crippen molar-refractivity contribution in [1.29, 1.82) is 0 Å². The molecule has 1 spiro atoms. The number of hydrogen-bond acceptors (Lipinski definition) is 4. The van der Waals surface area contributed by atoms with Crippen LogP contribution in [0, 0.1) is 64.6 Å². The van der Waals surface area contributed by atoms with Gasteiger partial charge in [-0.25, -0.2) is 0 Å². The molecule has 1 aliphatic heterocycles. The molecule has 0 unspecified atom stereocenters. The highest BCUT2D eigenvalue weighted by molar-refractivity contribution is 6.04. The fraction of sp³-hybridized carbons (Fsp3) is 0.882. The molecule has 7 saturated carbocycles. The van der Waals surface area contributed by atoms with Crippen LogP contribution in [-0.2, 0) is 19.1 Å². The third kappa shape index (κ3) is 0.687. The highest BCUT2D eigenvalue weighted by Crippen LogP contribution is 2.94. The first kappa shape index (κ1) is 10.6. The van der Waals surface area contributed by atoms with Gasteiger partial charge in [-0.05, 0) is 65.6 Å².